The number of carboxylic acids is 2. The van der Waals surface area contributed by atoms with Crippen molar-refractivity contribution in [3.8, 4) is 0 Å². The zero-order chi connectivity index (χ0) is 25.0. The number of hydrogen-bond donors (Lipinski definition) is 6. The van der Waals surface area contributed by atoms with Gasteiger partial charge in [-0.25, -0.2) is 4.39 Å². The molecular weight excluding hydrogens is 423 g/mol. The first-order valence-electron chi connectivity index (χ1n) is 10.1. The Morgan fingerprint density at radius 3 is 1.97 bits per heavy atom. The van der Waals surface area contributed by atoms with Crippen LogP contribution in [0.5, 0.6) is 0 Å². The molecule has 0 spiro atoms. The molecule has 11 heteroatoms. The summed E-state index contributed by atoms with van der Waals surface area (Å²) in [6.07, 6.45) is 0.928. The van der Waals surface area contributed by atoms with E-state index in [0.717, 1.165) is 6.42 Å². The molecule has 0 heterocycles. The summed E-state index contributed by atoms with van der Waals surface area (Å²) in [6.45, 7) is 6.48. The van der Waals surface area contributed by atoms with Crippen molar-refractivity contribution >= 4 is 23.8 Å². The van der Waals surface area contributed by atoms with Crippen LogP contribution in [-0.2, 0) is 25.6 Å². The third-order valence-corrected chi connectivity index (χ3v) is 4.70. The highest BCUT2D eigenvalue weighted by Crippen LogP contribution is 2.06. The monoisotopic (exact) mass is 456 g/mol. The van der Waals surface area contributed by atoms with Gasteiger partial charge in [-0.2, -0.15) is 0 Å². The Balaban J connectivity index is 0.000000900. The second-order valence-electron chi connectivity index (χ2n) is 7.49. The Morgan fingerprint density at radius 1 is 0.969 bits per heavy atom. The molecule has 1 aromatic carbocycles. The van der Waals surface area contributed by atoms with Crippen molar-refractivity contribution in [1.29, 1.82) is 0 Å². The molecule has 0 bridgehead atoms. The Kier molecular flexibility index (Phi) is 12.8. The van der Waals surface area contributed by atoms with Gasteiger partial charge < -0.3 is 32.3 Å². The number of carboxylic acid groups (broad SMARTS) is 2. The third kappa shape index (κ3) is 10.8. The second-order valence-corrected chi connectivity index (χ2v) is 7.49. The molecular formula is C21H33FN4O6. The lowest BCUT2D eigenvalue weighted by atomic mass is 10.0. The summed E-state index contributed by atoms with van der Waals surface area (Å²) in [7, 11) is 0. The number of halogens is 1. The summed E-state index contributed by atoms with van der Waals surface area (Å²) in [5.74, 6) is -3.66. The number of nitrogens with one attached hydrogen (secondary N) is 2. The number of nitrogens with two attached hydrogens (primary N) is 2. The number of hydrogen-bond acceptors (Lipinski definition) is 6. The van der Waals surface area contributed by atoms with Crippen LogP contribution in [0.4, 0.5) is 4.39 Å². The summed E-state index contributed by atoms with van der Waals surface area (Å²) in [6, 6.07) is 2.05. The van der Waals surface area contributed by atoms with Crippen LogP contribution in [-0.4, -0.2) is 58.1 Å². The van der Waals surface area contributed by atoms with Gasteiger partial charge >= 0.3 is 11.9 Å². The topological polar surface area (TPSA) is 185 Å². The molecule has 1 rings (SSSR count). The van der Waals surface area contributed by atoms with E-state index in [0.29, 0.717) is 5.56 Å². The fourth-order valence-electron chi connectivity index (χ4n) is 2.29. The maximum absolute atomic E-state index is 13.1. The summed E-state index contributed by atoms with van der Waals surface area (Å²) in [4.78, 5) is 44.5. The van der Waals surface area contributed by atoms with Crippen molar-refractivity contribution in [2.24, 2.45) is 17.4 Å². The Bertz CT molecular complexity index is 791. The number of carbonyl (C=O) groups is 4. The normalized spacial score (nSPS) is 15.1. The number of aliphatic carboxylic acids is 2. The van der Waals surface area contributed by atoms with E-state index in [-0.39, 0.29) is 12.3 Å². The van der Waals surface area contributed by atoms with Gasteiger partial charge in [-0.15, -0.1) is 0 Å². The van der Waals surface area contributed by atoms with Crippen LogP contribution >= 0.6 is 0 Å². The predicted octanol–water partition coefficient (Wildman–Crippen LogP) is 0.234. The molecule has 0 aliphatic rings. The van der Waals surface area contributed by atoms with Gasteiger partial charge in [-0.05, 0) is 43.9 Å². The summed E-state index contributed by atoms with van der Waals surface area (Å²) < 4.78 is 13.1. The minimum Gasteiger partial charge on any atom is -0.480 e. The van der Waals surface area contributed by atoms with Crippen LogP contribution in [0.1, 0.15) is 39.7 Å². The van der Waals surface area contributed by atoms with Crippen molar-refractivity contribution in [2.75, 3.05) is 0 Å². The SMILES string of the molecule is CC[C@H](C)[C@H](N)C(=O)O.C[C@H](NC(=O)[C@H](C)NC(=O)[C@@H](N)Cc1cccc(F)c1)C(=O)O. The van der Waals surface area contributed by atoms with Crippen molar-refractivity contribution in [3.63, 3.8) is 0 Å². The van der Waals surface area contributed by atoms with E-state index in [1.165, 1.54) is 32.0 Å². The maximum Gasteiger partial charge on any atom is 0.325 e. The van der Waals surface area contributed by atoms with Crippen LogP contribution in [0.2, 0.25) is 0 Å². The van der Waals surface area contributed by atoms with Gasteiger partial charge in [0.05, 0.1) is 6.04 Å². The first kappa shape index (κ1) is 28.9. The van der Waals surface area contributed by atoms with Crippen molar-refractivity contribution < 1.29 is 33.8 Å². The van der Waals surface area contributed by atoms with Gasteiger partial charge in [0.25, 0.3) is 0 Å². The predicted molar refractivity (Wildman–Crippen MR) is 116 cm³/mol. The zero-order valence-electron chi connectivity index (χ0n) is 18.7. The van der Waals surface area contributed by atoms with Crippen LogP contribution in [0.3, 0.4) is 0 Å². The van der Waals surface area contributed by atoms with E-state index in [1.54, 1.807) is 6.07 Å². The second kappa shape index (κ2) is 14.1. The lowest BCUT2D eigenvalue weighted by Crippen LogP contribution is -2.53. The average Bonchev–Trinajstić information content (AvgIpc) is 2.72. The highest BCUT2D eigenvalue weighted by Gasteiger charge is 2.23. The van der Waals surface area contributed by atoms with Gasteiger partial charge in [0, 0.05) is 0 Å². The van der Waals surface area contributed by atoms with E-state index >= 15 is 0 Å². The van der Waals surface area contributed by atoms with E-state index in [9.17, 15) is 23.6 Å². The van der Waals surface area contributed by atoms with E-state index in [2.05, 4.69) is 10.6 Å². The van der Waals surface area contributed by atoms with Crippen LogP contribution in [0.15, 0.2) is 24.3 Å². The third-order valence-electron chi connectivity index (χ3n) is 4.70. The molecule has 180 valence electrons. The van der Waals surface area contributed by atoms with Gasteiger partial charge in [0.2, 0.25) is 11.8 Å². The number of rotatable bonds is 10. The zero-order valence-corrected chi connectivity index (χ0v) is 18.7. The molecule has 0 aromatic heterocycles. The summed E-state index contributed by atoms with van der Waals surface area (Å²) in [5.41, 5.74) is 11.6. The van der Waals surface area contributed by atoms with Gasteiger partial charge in [-0.1, -0.05) is 32.4 Å². The van der Waals surface area contributed by atoms with Crippen LogP contribution in [0.25, 0.3) is 0 Å². The number of carbonyl (C=O) groups excluding carboxylic acids is 2. The highest BCUT2D eigenvalue weighted by molar-refractivity contribution is 5.91. The minimum absolute atomic E-state index is 0.0718. The molecule has 0 radical (unpaired) electrons. The van der Waals surface area contributed by atoms with Crippen molar-refractivity contribution in [1.82, 2.24) is 10.6 Å². The molecule has 5 atom stereocenters. The molecule has 2 amide bonds. The van der Waals surface area contributed by atoms with Gasteiger partial charge in [0.1, 0.15) is 23.9 Å². The summed E-state index contributed by atoms with van der Waals surface area (Å²) in [5, 5.41) is 21.7. The van der Waals surface area contributed by atoms with E-state index < -0.39 is 53.7 Å². The largest absolute Gasteiger partial charge is 0.480 e. The van der Waals surface area contributed by atoms with Crippen molar-refractivity contribution in [2.45, 2.75) is 64.7 Å². The first-order chi connectivity index (χ1) is 14.8. The Labute approximate surface area is 186 Å². The minimum atomic E-state index is -1.18. The fourth-order valence-corrected chi connectivity index (χ4v) is 2.29. The van der Waals surface area contributed by atoms with Crippen LogP contribution < -0.4 is 22.1 Å². The molecule has 8 N–H and O–H groups in total. The lowest BCUT2D eigenvalue weighted by molar-refractivity contribution is -0.141. The molecule has 0 unspecified atom stereocenters. The molecule has 0 fully saturated rings. The highest BCUT2D eigenvalue weighted by atomic mass is 19.1. The summed E-state index contributed by atoms with van der Waals surface area (Å²) >= 11 is 0. The fraction of sp³-hybridized carbons (Fsp3) is 0.524. The standard InChI is InChI=1S/C15H20FN3O4.C6H13NO2/c1-8(13(20)19-9(2)15(22)23)18-14(21)12(17)7-10-4-3-5-11(16)6-10;1-3-4(2)5(7)6(8)9/h3-6,8-9,12H,7,17H2,1-2H3,(H,18,21)(H,19,20)(H,22,23);4-5H,3,7H2,1-2H3,(H,8,9)/t8-,9-,12-;4-,5-/m00/s1. The lowest BCUT2D eigenvalue weighted by Gasteiger charge is -2.18. The Hall–Kier alpha value is -3.05. The first-order valence-corrected chi connectivity index (χ1v) is 10.1. The smallest absolute Gasteiger partial charge is 0.325 e. The van der Waals surface area contributed by atoms with E-state index in [4.69, 9.17) is 21.7 Å². The number of amides is 2. The maximum atomic E-state index is 13.1. The van der Waals surface area contributed by atoms with Gasteiger partial charge in [-0.3, -0.25) is 19.2 Å². The quantitative estimate of drug-likeness (QED) is 0.289. The average molecular weight is 457 g/mol. The van der Waals surface area contributed by atoms with Crippen LogP contribution in [0, 0.1) is 11.7 Å². The molecule has 0 saturated heterocycles. The van der Waals surface area contributed by atoms with E-state index in [1.807, 2.05) is 13.8 Å². The molecule has 0 aliphatic heterocycles. The number of benzene rings is 1. The molecule has 1 aromatic rings. The molecule has 0 saturated carbocycles. The molecule has 32 heavy (non-hydrogen) atoms. The van der Waals surface area contributed by atoms with Crippen molar-refractivity contribution in [3.05, 3.63) is 35.6 Å². The Morgan fingerprint density at radius 2 is 1.53 bits per heavy atom. The molecule has 10 nitrogen and oxygen atoms in total. The molecule has 0 aliphatic carbocycles. The van der Waals surface area contributed by atoms with Gasteiger partial charge in [0.15, 0.2) is 0 Å².